The number of hydrogen-bond acceptors (Lipinski definition) is 5. The fourth-order valence-corrected chi connectivity index (χ4v) is 3.12. The van der Waals surface area contributed by atoms with E-state index in [1.807, 2.05) is 13.0 Å². The van der Waals surface area contributed by atoms with Crippen LogP contribution < -0.4 is 0 Å². The summed E-state index contributed by atoms with van der Waals surface area (Å²) in [5.74, 6) is -0.290. The van der Waals surface area contributed by atoms with Crippen molar-refractivity contribution < 1.29 is 24.5 Å². The summed E-state index contributed by atoms with van der Waals surface area (Å²) < 4.78 is 11.2. The second-order valence-electron chi connectivity index (χ2n) is 7.17. The van der Waals surface area contributed by atoms with Gasteiger partial charge in [-0.3, -0.25) is 0 Å². The number of esters is 1. The van der Waals surface area contributed by atoms with Gasteiger partial charge in [-0.25, -0.2) is 4.79 Å². The third-order valence-electron chi connectivity index (χ3n) is 5.13. The highest BCUT2D eigenvalue weighted by Gasteiger charge is 2.38. The molecular formula is C20H30O5. The van der Waals surface area contributed by atoms with Crippen molar-refractivity contribution in [1.82, 2.24) is 0 Å². The van der Waals surface area contributed by atoms with Crippen molar-refractivity contribution in [2.75, 3.05) is 19.8 Å². The average molecular weight is 350 g/mol. The lowest BCUT2D eigenvalue weighted by Gasteiger charge is -2.20. The minimum Gasteiger partial charge on any atom is -0.458 e. The average Bonchev–Trinajstić information content (AvgIpc) is 2.85. The smallest absolute Gasteiger partial charge is 0.334 e. The summed E-state index contributed by atoms with van der Waals surface area (Å²) in [6.07, 6.45) is 6.47. The molecule has 1 aliphatic carbocycles. The van der Waals surface area contributed by atoms with Crippen LogP contribution in [0.15, 0.2) is 35.5 Å². The van der Waals surface area contributed by atoms with E-state index in [-0.39, 0.29) is 36.6 Å². The van der Waals surface area contributed by atoms with Crippen LogP contribution in [0.4, 0.5) is 0 Å². The number of carbonyl (C=O) groups excluding carboxylic acids is 1. The highest BCUT2D eigenvalue weighted by molar-refractivity contribution is 5.90. The van der Waals surface area contributed by atoms with E-state index < -0.39 is 0 Å². The van der Waals surface area contributed by atoms with Gasteiger partial charge in [-0.15, -0.1) is 0 Å². The summed E-state index contributed by atoms with van der Waals surface area (Å²) in [6.45, 7) is 8.60. The molecule has 0 bridgehead atoms. The van der Waals surface area contributed by atoms with Crippen LogP contribution >= 0.6 is 0 Å². The zero-order valence-corrected chi connectivity index (χ0v) is 15.2. The maximum absolute atomic E-state index is 11.9. The molecule has 2 aliphatic rings. The third kappa shape index (κ3) is 5.53. The summed E-state index contributed by atoms with van der Waals surface area (Å²) in [7, 11) is 0. The fraction of sp³-hybridized carbons (Fsp3) is 0.650. The molecule has 2 rings (SSSR count). The first kappa shape index (κ1) is 19.9. The van der Waals surface area contributed by atoms with E-state index in [0.717, 1.165) is 18.4 Å². The predicted molar refractivity (Wildman–Crippen MR) is 95.9 cm³/mol. The summed E-state index contributed by atoms with van der Waals surface area (Å²) in [5, 5.41) is 19.1. The largest absolute Gasteiger partial charge is 0.458 e. The monoisotopic (exact) mass is 350 g/mol. The molecule has 2 N–H and O–H groups in total. The molecule has 4 atom stereocenters. The van der Waals surface area contributed by atoms with Crippen molar-refractivity contribution in [3.8, 4) is 0 Å². The van der Waals surface area contributed by atoms with Gasteiger partial charge in [0.05, 0.1) is 25.9 Å². The molecule has 0 radical (unpaired) electrons. The van der Waals surface area contributed by atoms with E-state index in [0.29, 0.717) is 31.6 Å². The molecular weight excluding hydrogens is 320 g/mol. The van der Waals surface area contributed by atoms with Gasteiger partial charge in [-0.05, 0) is 37.3 Å². The van der Waals surface area contributed by atoms with Gasteiger partial charge in [0.25, 0.3) is 0 Å². The van der Waals surface area contributed by atoms with E-state index in [4.69, 9.17) is 9.47 Å². The molecule has 1 aliphatic heterocycles. The number of aliphatic hydroxyl groups is 2. The maximum atomic E-state index is 11.9. The van der Waals surface area contributed by atoms with Crippen LogP contribution in [0.25, 0.3) is 0 Å². The number of aliphatic hydroxyl groups excluding tert-OH is 2. The number of allylic oxidation sites excluding steroid dienone is 2. The lowest BCUT2D eigenvalue weighted by molar-refractivity contribution is -0.139. The van der Waals surface area contributed by atoms with Gasteiger partial charge in [0.1, 0.15) is 6.10 Å². The molecule has 1 fully saturated rings. The van der Waals surface area contributed by atoms with Gasteiger partial charge in [0, 0.05) is 23.8 Å². The topological polar surface area (TPSA) is 76.0 Å². The first-order valence-corrected chi connectivity index (χ1v) is 9.04. The minimum absolute atomic E-state index is 0.0191. The van der Waals surface area contributed by atoms with Crippen molar-refractivity contribution in [2.24, 2.45) is 11.8 Å². The summed E-state index contributed by atoms with van der Waals surface area (Å²) in [6, 6.07) is 0. The minimum atomic E-state index is -0.390. The molecule has 2 unspecified atom stereocenters. The normalized spacial score (nSPS) is 31.2. The molecule has 1 heterocycles. The van der Waals surface area contributed by atoms with E-state index in [1.165, 1.54) is 5.57 Å². The Balaban J connectivity index is 2.04. The molecule has 5 nitrogen and oxygen atoms in total. The zero-order chi connectivity index (χ0) is 18.4. The summed E-state index contributed by atoms with van der Waals surface area (Å²) in [4.78, 5) is 11.9. The fourth-order valence-electron chi connectivity index (χ4n) is 3.12. The van der Waals surface area contributed by atoms with Gasteiger partial charge >= 0.3 is 5.97 Å². The SMILES string of the molecule is C=C1C(=O)O[C@H]2C/C(CO)=C\CC/C(COCC(C)C(C)O)=C\C[C@H]12. The lowest BCUT2D eigenvalue weighted by Crippen LogP contribution is -2.20. The quantitative estimate of drug-likeness (QED) is 0.437. The van der Waals surface area contributed by atoms with Crippen molar-refractivity contribution in [2.45, 2.75) is 51.7 Å². The molecule has 5 heteroatoms. The van der Waals surface area contributed by atoms with Crippen LogP contribution in [0.3, 0.4) is 0 Å². The summed E-state index contributed by atoms with van der Waals surface area (Å²) in [5.41, 5.74) is 2.59. The van der Waals surface area contributed by atoms with Crippen molar-refractivity contribution in [3.63, 3.8) is 0 Å². The first-order chi connectivity index (χ1) is 11.9. The molecule has 0 saturated carbocycles. The molecule has 0 aromatic carbocycles. The number of rotatable bonds is 6. The number of fused-ring (bicyclic) bond motifs is 1. The molecule has 0 aromatic heterocycles. The Morgan fingerprint density at radius 1 is 1.36 bits per heavy atom. The molecule has 140 valence electrons. The second kappa shape index (κ2) is 9.32. The van der Waals surface area contributed by atoms with Crippen LogP contribution in [0.5, 0.6) is 0 Å². The zero-order valence-electron chi connectivity index (χ0n) is 15.2. The van der Waals surface area contributed by atoms with E-state index in [9.17, 15) is 15.0 Å². The van der Waals surface area contributed by atoms with Crippen molar-refractivity contribution in [3.05, 3.63) is 35.5 Å². The van der Waals surface area contributed by atoms with Gasteiger partial charge < -0.3 is 19.7 Å². The van der Waals surface area contributed by atoms with Gasteiger partial charge in [-0.2, -0.15) is 0 Å². The Hall–Kier alpha value is -1.43. The number of carbonyl (C=O) groups is 1. The van der Waals surface area contributed by atoms with Gasteiger partial charge in [-0.1, -0.05) is 25.7 Å². The highest BCUT2D eigenvalue weighted by Crippen LogP contribution is 2.34. The van der Waals surface area contributed by atoms with E-state index in [2.05, 4.69) is 12.7 Å². The standard InChI is InChI=1S/C20H30O5/c1-13(15(3)22)11-24-12-16-5-4-6-17(10-21)9-19-18(8-7-16)14(2)20(23)25-19/h6-7,13,15,18-19,21-22H,2,4-5,8-12H2,1,3H3/b16-7+,17-6+/t13?,15?,18-,19+/m1/s1. The van der Waals surface area contributed by atoms with Gasteiger partial charge in [0.15, 0.2) is 0 Å². The Kier molecular flexibility index (Phi) is 7.41. The Morgan fingerprint density at radius 2 is 2.12 bits per heavy atom. The Bertz CT molecular complexity index is 546. The molecule has 1 saturated heterocycles. The van der Waals surface area contributed by atoms with E-state index in [1.54, 1.807) is 6.92 Å². The highest BCUT2D eigenvalue weighted by atomic mass is 16.6. The Morgan fingerprint density at radius 3 is 2.80 bits per heavy atom. The van der Waals surface area contributed by atoms with Crippen LogP contribution in [0.2, 0.25) is 0 Å². The summed E-state index contributed by atoms with van der Waals surface area (Å²) >= 11 is 0. The van der Waals surface area contributed by atoms with Crippen LogP contribution in [0, 0.1) is 11.8 Å². The third-order valence-corrected chi connectivity index (χ3v) is 5.13. The second-order valence-corrected chi connectivity index (χ2v) is 7.17. The molecule has 0 spiro atoms. The molecule has 25 heavy (non-hydrogen) atoms. The predicted octanol–water partition coefficient (Wildman–Crippen LogP) is 2.54. The van der Waals surface area contributed by atoms with Crippen LogP contribution in [-0.2, 0) is 14.3 Å². The number of ether oxygens (including phenoxy) is 2. The molecule has 0 amide bonds. The molecule has 0 aromatic rings. The van der Waals surface area contributed by atoms with Gasteiger partial charge in [0.2, 0.25) is 0 Å². The van der Waals surface area contributed by atoms with Crippen LogP contribution in [-0.4, -0.2) is 48.2 Å². The lowest BCUT2D eigenvalue weighted by atomic mass is 9.87. The number of hydrogen-bond donors (Lipinski definition) is 2. The first-order valence-electron chi connectivity index (χ1n) is 9.04. The van der Waals surface area contributed by atoms with Crippen LogP contribution in [0.1, 0.15) is 39.5 Å². The van der Waals surface area contributed by atoms with Crippen molar-refractivity contribution >= 4 is 5.97 Å². The van der Waals surface area contributed by atoms with Crippen molar-refractivity contribution in [1.29, 1.82) is 0 Å². The Labute approximate surface area is 150 Å². The maximum Gasteiger partial charge on any atom is 0.334 e. The van der Waals surface area contributed by atoms with E-state index >= 15 is 0 Å².